The summed E-state index contributed by atoms with van der Waals surface area (Å²) in [5, 5.41) is 17.9. The third-order valence-corrected chi connectivity index (χ3v) is 6.04. The maximum atomic E-state index is 13.5. The Morgan fingerprint density at radius 2 is 1.52 bits per heavy atom. The van der Waals surface area contributed by atoms with Crippen LogP contribution in [0.1, 0.15) is 34.8 Å². The van der Waals surface area contributed by atoms with Crippen molar-refractivity contribution in [3.8, 4) is 0 Å². The van der Waals surface area contributed by atoms with Crippen molar-refractivity contribution in [2.24, 2.45) is 5.73 Å². The number of nitrogens with two attached hydrogens (primary N) is 1. The molecule has 2 aromatic carbocycles. The molecule has 0 saturated carbocycles. The summed E-state index contributed by atoms with van der Waals surface area (Å²) in [6, 6.07) is 22.3. The lowest BCUT2D eigenvalue weighted by atomic mass is 9.90. The molecule has 8 heteroatoms. The minimum Gasteiger partial charge on any atom is -0.370 e. The quantitative estimate of drug-likeness (QED) is 0.171. The first-order valence-electron chi connectivity index (χ1n) is 10.8. The fourth-order valence-electron chi connectivity index (χ4n) is 3.55. The molecule has 3 rings (SSSR count). The highest BCUT2D eigenvalue weighted by Gasteiger charge is 2.27. The van der Waals surface area contributed by atoms with Crippen molar-refractivity contribution in [1.29, 1.82) is 5.41 Å². The van der Waals surface area contributed by atoms with Crippen molar-refractivity contribution in [2.75, 3.05) is 6.54 Å². The normalized spacial score (nSPS) is 11.5. The van der Waals surface area contributed by atoms with Crippen molar-refractivity contribution in [1.82, 2.24) is 16.0 Å². The van der Waals surface area contributed by atoms with Gasteiger partial charge in [0, 0.05) is 11.4 Å². The number of carbonyl (C=O) groups excluding carboxylic acids is 2. The molecule has 3 aromatic rings. The molecule has 0 bridgehead atoms. The van der Waals surface area contributed by atoms with E-state index in [4.69, 9.17) is 11.1 Å². The first kappa shape index (κ1) is 24.0. The van der Waals surface area contributed by atoms with Crippen LogP contribution < -0.4 is 21.7 Å². The molecule has 33 heavy (non-hydrogen) atoms. The van der Waals surface area contributed by atoms with Gasteiger partial charge in [-0.25, -0.2) is 0 Å². The number of nitrogens with one attached hydrogen (secondary N) is 4. The van der Waals surface area contributed by atoms with Gasteiger partial charge < -0.3 is 21.7 Å². The van der Waals surface area contributed by atoms with Crippen LogP contribution in [0, 0.1) is 5.41 Å². The van der Waals surface area contributed by atoms with E-state index in [1.807, 2.05) is 78.2 Å². The van der Waals surface area contributed by atoms with Crippen molar-refractivity contribution in [3.05, 3.63) is 94.2 Å². The summed E-state index contributed by atoms with van der Waals surface area (Å²) in [6.45, 7) is 0.857. The van der Waals surface area contributed by atoms with E-state index in [1.54, 1.807) is 11.3 Å². The van der Waals surface area contributed by atoms with Gasteiger partial charge in [-0.1, -0.05) is 66.7 Å². The van der Waals surface area contributed by atoms with Crippen molar-refractivity contribution in [3.63, 3.8) is 0 Å². The predicted molar refractivity (Wildman–Crippen MR) is 132 cm³/mol. The molecule has 1 atom stereocenters. The Morgan fingerprint density at radius 1 is 0.879 bits per heavy atom. The average Bonchev–Trinajstić information content (AvgIpc) is 3.34. The molecular formula is C25H29N5O2S. The lowest BCUT2D eigenvalue weighted by Crippen LogP contribution is -2.48. The van der Waals surface area contributed by atoms with E-state index in [-0.39, 0.29) is 17.8 Å². The summed E-state index contributed by atoms with van der Waals surface area (Å²) in [6.07, 6.45) is 0.983. The molecule has 0 saturated heterocycles. The van der Waals surface area contributed by atoms with Gasteiger partial charge in [-0.2, -0.15) is 0 Å². The number of hydrogen-bond acceptors (Lipinski definition) is 4. The number of rotatable bonds is 11. The number of amides is 2. The second kappa shape index (κ2) is 12.4. The number of thiophene rings is 1. The Balaban J connectivity index is 1.75. The van der Waals surface area contributed by atoms with Gasteiger partial charge in [0.2, 0.25) is 11.8 Å². The monoisotopic (exact) mass is 463 g/mol. The lowest BCUT2D eigenvalue weighted by Gasteiger charge is -2.23. The smallest absolute Gasteiger partial charge is 0.242 e. The van der Waals surface area contributed by atoms with Crippen LogP contribution in [0.5, 0.6) is 0 Å². The van der Waals surface area contributed by atoms with E-state index in [0.717, 1.165) is 16.0 Å². The molecule has 1 aromatic heterocycles. The summed E-state index contributed by atoms with van der Waals surface area (Å²) in [4.78, 5) is 27.5. The SMILES string of the molecule is N=C(N)NCCC[C@@H](NC(=O)C(c1ccccc1)c1ccccc1)C(=O)NCc1cccs1. The zero-order valence-corrected chi connectivity index (χ0v) is 19.1. The van der Waals surface area contributed by atoms with Crippen LogP contribution in [0.2, 0.25) is 0 Å². The van der Waals surface area contributed by atoms with E-state index < -0.39 is 12.0 Å². The van der Waals surface area contributed by atoms with Crippen LogP contribution in [0.25, 0.3) is 0 Å². The Hall–Kier alpha value is -3.65. The van der Waals surface area contributed by atoms with Gasteiger partial charge in [0.1, 0.15) is 6.04 Å². The Kier molecular flexibility index (Phi) is 9.02. The number of hydrogen-bond donors (Lipinski definition) is 5. The van der Waals surface area contributed by atoms with Gasteiger partial charge in [-0.15, -0.1) is 11.3 Å². The molecule has 0 unspecified atom stereocenters. The van der Waals surface area contributed by atoms with Crippen molar-refractivity contribution in [2.45, 2.75) is 31.3 Å². The predicted octanol–water partition coefficient (Wildman–Crippen LogP) is 2.94. The van der Waals surface area contributed by atoms with E-state index in [0.29, 0.717) is 25.9 Å². The third kappa shape index (κ3) is 7.47. The minimum absolute atomic E-state index is 0.119. The van der Waals surface area contributed by atoms with Gasteiger partial charge in [-0.05, 0) is 35.4 Å². The van der Waals surface area contributed by atoms with E-state index in [1.165, 1.54) is 0 Å². The molecule has 2 amide bonds. The maximum absolute atomic E-state index is 13.5. The molecule has 6 N–H and O–H groups in total. The maximum Gasteiger partial charge on any atom is 0.242 e. The number of benzene rings is 2. The second-order valence-corrected chi connectivity index (χ2v) is 8.63. The van der Waals surface area contributed by atoms with Crippen molar-refractivity contribution >= 4 is 29.1 Å². The first-order valence-corrected chi connectivity index (χ1v) is 11.7. The zero-order valence-electron chi connectivity index (χ0n) is 18.3. The van der Waals surface area contributed by atoms with Crippen molar-refractivity contribution < 1.29 is 9.59 Å². The molecule has 0 aliphatic heterocycles. The molecule has 1 heterocycles. The highest BCUT2D eigenvalue weighted by molar-refractivity contribution is 7.09. The van der Waals surface area contributed by atoms with E-state index >= 15 is 0 Å². The number of carbonyl (C=O) groups is 2. The van der Waals surface area contributed by atoms with Crippen LogP contribution in [0.3, 0.4) is 0 Å². The molecule has 0 spiro atoms. The first-order chi connectivity index (χ1) is 16.0. The average molecular weight is 464 g/mol. The standard InChI is InChI=1S/C25H29N5O2S/c26-25(27)28-15-7-14-21(23(31)29-17-20-13-8-16-33-20)30-24(32)22(18-9-3-1-4-10-18)19-11-5-2-6-12-19/h1-6,8-13,16,21-22H,7,14-15,17H2,(H,29,31)(H,30,32)(H4,26,27,28)/t21-/m1/s1. The van der Waals surface area contributed by atoms with Gasteiger partial charge in [0.05, 0.1) is 12.5 Å². The fourth-order valence-corrected chi connectivity index (χ4v) is 4.19. The van der Waals surface area contributed by atoms with E-state index in [2.05, 4.69) is 16.0 Å². The Bertz CT molecular complexity index is 986. The molecule has 0 radical (unpaired) electrons. The highest BCUT2D eigenvalue weighted by Crippen LogP contribution is 2.25. The van der Waals surface area contributed by atoms with Gasteiger partial charge in [-0.3, -0.25) is 15.0 Å². The molecule has 0 aliphatic carbocycles. The second-order valence-electron chi connectivity index (χ2n) is 7.60. The summed E-state index contributed by atoms with van der Waals surface area (Å²) in [5.41, 5.74) is 7.06. The Morgan fingerprint density at radius 3 is 2.06 bits per heavy atom. The van der Waals surface area contributed by atoms with Crippen LogP contribution in [0.15, 0.2) is 78.2 Å². The molecule has 0 fully saturated rings. The van der Waals surface area contributed by atoms with Crippen LogP contribution in [-0.4, -0.2) is 30.4 Å². The van der Waals surface area contributed by atoms with E-state index in [9.17, 15) is 9.59 Å². The minimum atomic E-state index is -0.707. The summed E-state index contributed by atoms with van der Waals surface area (Å²) in [7, 11) is 0. The summed E-state index contributed by atoms with van der Waals surface area (Å²) >= 11 is 1.57. The fraction of sp³-hybridized carbons (Fsp3) is 0.240. The molecule has 172 valence electrons. The topological polar surface area (TPSA) is 120 Å². The Labute approximate surface area is 197 Å². The van der Waals surface area contributed by atoms with Gasteiger partial charge >= 0.3 is 0 Å². The van der Waals surface area contributed by atoms with Crippen LogP contribution in [-0.2, 0) is 16.1 Å². The van der Waals surface area contributed by atoms with Gasteiger partial charge in [0.25, 0.3) is 0 Å². The zero-order chi connectivity index (χ0) is 23.5. The van der Waals surface area contributed by atoms with Gasteiger partial charge in [0.15, 0.2) is 5.96 Å². The molecule has 7 nitrogen and oxygen atoms in total. The largest absolute Gasteiger partial charge is 0.370 e. The summed E-state index contributed by atoms with van der Waals surface area (Å²) < 4.78 is 0. The molecule has 0 aliphatic rings. The highest BCUT2D eigenvalue weighted by atomic mass is 32.1. The lowest BCUT2D eigenvalue weighted by molar-refractivity contribution is -0.129. The molecular weight excluding hydrogens is 434 g/mol. The third-order valence-electron chi connectivity index (χ3n) is 5.16. The van der Waals surface area contributed by atoms with Crippen LogP contribution in [0.4, 0.5) is 0 Å². The van der Waals surface area contributed by atoms with Crippen LogP contribution >= 0.6 is 11.3 Å². The summed E-state index contributed by atoms with van der Waals surface area (Å²) in [5.74, 6) is -1.12. The number of guanidine groups is 1.